The smallest absolute Gasteiger partial charge is 0.313 e. The molecule has 31 heavy (non-hydrogen) atoms. The van der Waals surface area contributed by atoms with Crippen LogP contribution in [0, 0.1) is 11.2 Å². The lowest BCUT2D eigenvalue weighted by Crippen LogP contribution is -2.45. The van der Waals surface area contributed by atoms with Gasteiger partial charge in [0, 0.05) is 49.3 Å². The molecule has 11 heteroatoms. The number of esters is 1. The van der Waals surface area contributed by atoms with Crippen LogP contribution in [0.1, 0.15) is 12.0 Å². The summed E-state index contributed by atoms with van der Waals surface area (Å²) in [4.78, 5) is 22.3. The Morgan fingerprint density at radius 2 is 2.13 bits per heavy atom. The molecule has 9 nitrogen and oxygen atoms in total. The molecule has 1 atom stereocenters. The van der Waals surface area contributed by atoms with Crippen molar-refractivity contribution >= 4 is 30.2 Å². The van der Waals surface area contributed by atoms with Crippen molar-refractivity contribution in [3.63, 3.8) is 0 Å². The van der Waals surface area contributed by atoms with Crippen molar-refractivity contribution in [1.82, 2.24) is 9.97 Å². The van der Waals surface area contributed by atoms with Gasteiger partial charge in [0.25, 0.3) is 0 Å². The summed E-state index contributed by atoms with van der Waals surface area (Å²) >= 11 is 0. The van der Waals surface area contributed by atoms with Crippen LogP contribution in [0.3, 0.4) is 0 Å². The number of amidine groups is 1. The van der Waals surface area contributed by atoms with E-state index in [4.69, 9.17) is 25.4 Å². The standard InChI is InChI=1S/C20H24FN5O4.ClH/c1-28-12-15-10-26(5-6-29-15)20-24-8-14(9-25-20)16-4-2-3-13(19(16)21)11-30-18(27)7-17(22)23;/h2-4,8-9,15H,5-7,10-12H2,1H3,(H3,22,23);1H/t15-;/m1./s1. The number of nitrogens with zero attached hydrogens (tertiary/aromatic N) is 3. The number of nitrogens with two attached hydrogens (primary N) is 1. The number of methoxy groups -OCH3 is 1. The van der Waals surface area contributed by atoms with Crippen LogP contribution in [-0.2, 0) is 25.6 Å². The van der Waals surface area contributed by atoms with Crippen LogP contribution in [0.4, 0.5) is 10.3 Å². The summed E-state index contributed by atoms with van der Waals surface area (Å²) in [7, 11) is 1.63. The average Bonchev–Trinajstić information content (AvgIpc) is 2.73. The van der Waals surface area contributed by atoms with Gasteiger partial charge in [-0.05, 0) is 0 Å². The molecule has 0 aliphatic carbocycles. The third-order valence-corrected chi connectivity index (χ3v) is 4.53. The lowest BCUT2D eigenvalue weighted by atomic mass is 10.1. The molecule has 1 aromatic carbocycles. The van der Waals surface area contributed by atoms with E-state index >= 15 is 0 Å². The Morgan fingerprint density at radius 1 is 1.39 bits per heavy atom. The number of carbonyl (C=O) groups is 1. The normalized spacial score (nSPS) is 15.8. The van der Waals surface area contributed by atoms with Crippen molar-refractivity contribution in [1.29, 1.82) is 5.41 Å². The number of halogens is 2. The quantitative estimate of drug-likeness (QED) is 0.353. The fourth-order valence-electron chi connectivity index (χ4n) is 3.09. The molecule has 1 aromatic heterocycles. The third-order valence-electron chi connectivity index (χ3n) is 4.53. The average molecular weight is 454 g/mol. The molecule has 0 amide bonds. The van der Waals surface area contributed by atoms with E-state index in [1.165, 1.54) is 6.07 Å². The highest BCUT2D eigenvalue weighted by atomic mass is 35.5. The van der Waals surface area contributed by atoms with Gasteiger partial charge in [0.2, 0.25) is 5.95 Å². The lowest BCUT2D eigenvalue weighted by molar-refractivity contribution is -0.143. The van der Waals surface area contributed by atoms with Gasteiger partial charge in [-0.15, -0.1) is 12.4 Å². The van der Waals surface area contributed by atoms with Crippen LogP contribution in [0.15, 0.2) is 30.6 Å². The highest BCUT2D eigenvalue weighted by Crippen LogP contribution is 2.25. The Morgan fingerprint density at radius 3 is 2.81 bits per heavy atom. The minimum atomic E-state index is -0.683. The number of rotatable bonds is 8. The maximum atomic E-state index is 14.9. The molecule has 0 radical (unpaired) electrons. The summed E-state index contributed by atoms with van der Waals surface area (Å²) in [6.45, 7) is 2.07. The molecular weight excluding hydrogens is 429 g/mol. The summed E-state index contributed by atoms with van der Waals surface area (Å²) in [5.41, 5.74) is 6.19. The first-order chi connectivity index (χ1) is 14.5. The summed E-state index contributed by atoms with van der Waals surface area (Å²) < 4.78 is 30.7. The van der Waals surface area contributed by atoms with Crippen molar-refractivity contribution in [2.24, 2.45) is 5.73 Å². The van der Waals surface area contributed by atoms with Crippen LogP contribution < -0.4 is 10.6 Å². The summed E-state index contributed by atoms with van der Waals surface area (Å²) in [6, 6.07) is 4.80. The van der Waals surface area contributed by atoms with Crippen LogP contribution in [0.5, 0.6) is 0 Å². The zero-order valence-electron chi connectivity index (χ0n) is 17.0. The summed E-state index contributed by atoms with van der Waals surface area (Å²) in [6.07, 6.45) is 2.75. The molecule has 0 unspecified atom stereocenters. The van der Waals surface area contributed by atoms with Gasteiger partial charge in [-0.2, -0.15) is 0 Å². The number of carbonyl (C=O) groups excluding carboxylic acids is 1. The van der Waals surface area contributed by atoms with Gasteiger partial charge in [0.1, 0.15) is 24.7 Å². The van der Waals surface area contributed by atoms with E-state index in [0.717, 1.165) is 0 Å². The van der Waals surface area contributed by atoms with Crippen molar-refractivity contribution in [2.45, 2.75) is 19.1 Å². The van der Waals surface area contributed by atoms with E-state index in [2.05, 4.69) is 9.97 Å². The van der Waals surface area contributed by atoms with E-state index in [9.17, 15) is 9.18 Å². The van der Waals surface area contributed by atoms with E-state index < -0.39 is 11.8 Å². The molecule has 1 aliphatic heterocycles. The van der Waals surface area contributed by atoms with Gasteiger partial charge in [-0.1, -0.05) is 18.2 Å². The zero-order chi connectivity index (χ0) is 21.5. The molecule has 3 N–H and O–H groups in total. The number of nitrogens with one attached hydrogen (secondary N) is 1. The maximum Gasteiger partial charge on any atom is 0.313 e. The minimum absolute atomic E-state index is 0. The monoisotopic (exact) mass is 453 g/mol. The Hall–Kier alpha value is -2.82. The van der Waals surface area contributed by atoms with E-state index in [0.29, 0.717) is 43.4 Å². The second-order valence-corrected chi connectivity index (χ2v) is 6.81. The number of anilines is 1. The molecule has 0 bridgehead atoms. The fraction of sp³-hybridized carbons (Fsp3) is 0.400. The van der Waals surface area contributed by atoms with Crippen molar-refractivity contribution in [3.05, 3.63) is 42.0 Å². The van der Waals surface area contributed by atoms with Gasteiger partial charge in [-0.25, -0.2) is 14.4 Å². The first-order valence-corrected chi connectivity index (χ1v) is 9.41. The largest absolute Gasteiger partial charge is 0.460 e. The van der Waals surface area contributed by atoms with Crippen LogP contribution >= 0.6 is 12.4 Å². The van der Waals surface area contributed by atoms with Gasteiger partial charge in [0.15, 0.2) is 0 Å². The van der Waals surface area contributed by atoms with Gasteiger partial charge in [-0.3, -0.25) is 10.2 Å². The van der Waals surface area contributed by atoms with Gasteiger partial charge < -0.3 is 24.8 Å². The number of aromatic nitrogens is 2. The molecule has 3 rings (SSSR count). The molecule has 1 saturated heterocycles. The van der Waals surface area contributed by atoms with Crippen LogP contribution in [0.25, 0.3) is 11.1 Å². The number of morpholine rings is 1. The zero-order valence-corrected chi connectivity index (χ0v) is 17.9. The summed E-state index contributed by atoms with van der Waals surface area (Å²) in [5.74, 6) is -0.966. The number of hydrogen-bond acceptors (Lipinski definition) is 8. The molecule has 0 saturated carbocycles. The first kappa shape index (κ1) is 24.4. The Kier molecular flexibility index (Phi) is 9.10. The number of hydrogen-bond donors (Lipinski definition) is 2. The minimum Gasteiger partial charge on any atom is -0.460 e. The first-order valence-electron chi connectivity index (χ1n) is 9.41. The second-order valence-electron chi connectivity index (χ2n) is 6.81. The van der Waals surface area contributed by atoms with Crippen molar-refractivity contribution < 1.29 is 23.4 Å². The molecule has 2 heterocycles. The Bertz CT molecular complexity index is 898. The molecular formula is C20H25ClFN5O4. The fourth-order valence-corrected chi connectivity index (χ4v) is 3.09. The number of ether oxygens (including phenoxy) is 3. The SMILES string of the molecule is COC[C@H]1CN(c2ncc(-c3cccc(COC(=O)CC(=N)N)c3F)cn2)CCO1.Cl. The summed E-state index contributed by atoms with van der Waals surface area (Å²) in [5, 5.41) is 7.09. The highest BCUT2D eigenvalue weighted by Gasteiger charge is 2.22. The van der Waals surface area contributed by atoms with E-state index in [1.807, 2.05) is 4.90 Å². The van der Waals surface area contributed by atoms with Crippen LogP contribution in [-0.4, -0.2) is 61.3 Å². The maximum absolute atomic E-state index is 14.9. The Labute approximate surface area is 185 Å². The Balaban J connectivity index is 0.00000341. The molecule has 168 valence electrons. The van der Waals surface area contributed by atoms with Crippen LogP contribution in [0.2, 0.25) is 0 Å². The van der Waals surface area contributed by atoms with Crippen molar-refractivity contribution in [2.75, 3.05) is 38.3 Å². The highest BCUT2D eigenvalue weighted by molar-refractivity contribution is 5.94. The van der Waals surface area contributed by atoms with Gasteiger partial charge >= 0.3 is 5.97 Å². The molecule has 0 spiro atoms. The lowest BCUT2D eigenvalue weighted by Gasteiger charge is -2.32. The second kappa shape index (κ2) is 11.5. The van der Waals surface area contributed by atoms with E-state index in [-0.39, 0.29) is 42.9 Å². The molecule has 1 fully saturated rings. The van der Waals surface area contributed by atoms with E-state index in [1.54, 1.807) is 31.6 Å². The topological polar surface area (TPSA) is 124 Å². The molecule has 2 aromatic rings. The van der Waals surface area contributed by atoms with Gasteiger partial charge in [0.05, 0.1) is 19.3 Å². The van der Waals surface area contributed by atoms with Crippen molar-refractivity contribution in [3.8, 4) is 11.1 Å². The third kappa shape index (κ3) is 6.58. The number of benzene rings is 1. The predicted octanol–water partition coefficient (Wildman–Crippen LogP) is 1.93. The predicted molar refractivity (Wildman–Crippen MR) is 115 cm³/mol. The molecule has 1 aliphatic rings.